The minimum absolute atomic E-state index is 0.0899. The van der Waals surface area contributed by atoms with E-state index < -0.39 is 12.0 Å². The normalized spacial score (nSPS) is 22.3. The van der Waals surface area contributed by atoms with Crippen molar-refractivity contribution < 1.29 is 14.5 Å². The fraction of sp³-hybridized carbons (Fsp3) is 0.562. The fourth-order valence-corrected chi connectivity index (χ4v) is 2.92. The smallest absolute Gasteiger partial charge is 0.273 e. The van der Waals surface area contributed by atoms with Crippen molar-refractivity contribution in [3.8, 4) is 0 Å². The van der Waals surface area contributed by atoms with E-state index in [-0.39, 0.29) is 22.6 Å². The number of ether oxygens (including phenoxy) is 1. The molecule has 2 rings (SSSR count). The minimum atomic E-state index is -0.635. The number of amides is 1. The zero-order chi connectivity index (χ0) is 17.1. The van der Waals surface area contributed by atoms with Crippen molar-refractivity contribution in [1.82, 2.24) is 4.90 Å². The van der Waals surface area contributed by atoms with Crippen LogP contribution in [0.25, 0.3) is 0 Å². The maximum absolute atomic E-state index is 11.3. The number of nitro benzene ring substituents is 1. The van der Waals surface area contributed by atoms with Crippen molar-refractivity contribution >= 4 is 11.6 Å². The first-order valence-electron chi connectivity index (χ1n) is 7.72. The summed E-state index contributed by atoms with van der Waals surface area (Å²) < 4.78 is 5.50. The SMILES string of the molecule is CC(C)c1ccc(CN2C[C@@H](C)O[C@@H](C(N)=O)C2)cc1[N+](=O)[O-]. The van der Waals surface area contributed by atoms with Crippen LogP contribution >= 0.6 is 0 Å². The summed E-state index contributed by atoms with van der Waals surface area (Å²) in [6.45, 7) is 7.33. The first-order chi connectivity index (χ1) is 10.8. The van der Waals surface area contributed by atoms with Gasteiger partial charge in [-0.15, -0.1) is 0 Å². The predicted octanol–water partition coefficient (Wildman–Crippen LogP) is 1.79. The molecule has 1 aromatic rings. The van der Waals surface area contributed by atoms with Crippen molar-refractivity contribution in [1.29, 1.82) is 0 Å². The molecule has 2 N–H and O–H groups in total. The molecule has 0 radical (unpaired) electrons. The number of nitro groups is 1. The summed E-state index contributed by atoms with van der Waals surface area (Å²) in [5.41, 5.74) is 7.04. The standard InChI is InChI=1S/C16H23N3O4/c1-10(2)13-5-4-12(6-14(13)19(21)22)8-18-7-11(3)23-15(9-18)16(17)20/h4-6,10-11,15H,7-9H2,1-3H3,(H2,17,20)/t11-,15-/m1/s1. The van der Waals surface area contributed by atoms with Crippen LogP contribution in [0.5, 0.6) is 0 Å². The van der Waals surface area contributed by atoms with Gasteiger partial charge in [-0.3, -0.25) is 19.8 Å². The molecule has 0 aromatic heterocycles. The number of morpholine rings is 1. The Labute approximate surface area is 135 Å². The summed E-state index contributed by atoms with van der Waals surface area (Å²) in [6, 6.07) is 5.34. The minimum Gasteiger partial charge on any atom is -0.367 e. The van der Waals surface area contributed by atoms with Gasteiger partial charge in [0.25, 0.3) is 5.69 Å². The van der Waals surface area contributed by atoms with E-state index in [0.717, 1.165) is 11.1 Å². The summed E-state index contributed by atoms with van der Waals surface area (Å²) in [6.07, 6.45) is -0.741. The third kappa shape index (κ3) is 4.27. The Balaban J connectivity index is 2.18. The Morgan fingerprint density at radius 2 is 2.17 bits per heavy atom. The molecule has 1 amide bonds. The van der Waals surface area contributed by atoms with Crippen LogP contribution in [0.15, 0.2) is 18.2 Å². The van der Waals surface area contributed by atoms with Crippen molar-refractivity contribution in [2.24, 2.45) is 5.73 Å². The summed E-state index contributed by atoms with van der Waals surface area (Å²) in [7, 11) is 0. The van der Waals surface area contributed by atoms with Gasteiger partial charge in [0.05, 0.1) is 11.0 Å². The molecule has 0 aliphatic carbocycles. The molecule has 2 atom stereocenters. The Kier molecular flexibility index (Phi) is 5.33. The first-order valence-corrected chi connectivity index (χ1v) is 7.72. The van der Waals surface area contributed by atoms with Gasteiger partial charge in [0, 0.05) is 31.3 Å². The number of nitrogens with two attached hydrogens (primary N) is 1. The maximum atomic E-state index is 11.3. The Bertz CT molecular complexity index is 603. The molecule has 0 unspecified atom stereocenters. The lowest BCUT2D eigenvalue weighted by molar-refractivity contribution is -0.385. The molecule has 1 fully saturated rings. The summed E-state index contributed by atoms with van der Waals surface area (Å²) in [5.74, 6) is -0.394. The molecule has 126 valence electrons. The van der Waals surface area contributed by atoms with E-state index in [1.807, 2.05) is 37.8 Å². The van der Waals surface area contributed by atoms with Crippen molar-refractivity contribution in [3.63, 3.8) is 0 Å². The fourth-order valence-electron chi connectivity index (χ4n) is 2.92. The van der Waals surface area contributed by atoms with Crippen LogP contribution < -0.4 is 5.73 Å². The molecular weight excluding hydrogens is 298 g/mol. The third-order valence-electron chi connectivity index (χ3n) is 3.97. The summed E-state index contributed by atoms with van der Waals surface area (Å²) >= 11 is 0. The maximum Gasteiger partial charge on any atom is 0.273 e. The van der Waals surface area contributed by atoms with Gasteiger partial charge in [0.15, 0.2) is 0 Å². The van der Waals surface area contributed by atoms with E-state index in [4.69, 9.17) is 10.5 Å². The van der Waals surface area contributed by atoms with Gasteiger partial charge < -0.3 is 10.5 Å². The van der Waals surface area contributed by atoms with E-state index >= 15 is 0 Å². The second-order valence-electron chi connectivity index (χ2n) is 6.34. The van der Waals surface area contributed by atoms with Crippen LogP contribution in [0.1, 0.15) is 37.8 Å². The van der Waals surface area contributed by atoms with Gasteiger partial charge in [0.2, 0.25) is 5.91 Å². The van der Waals surface area contributed by atoms with Crippen molar-refractivity contribution in [2.45, 2.75) is 45.4 Å². The summed E-state index contributed by atoms with van der Waals surface area (Å²) in [5, 5.41) is 11.3. The number of rotatable bonds is 5. The van der Waals surface area contributed by atoms with Crippen molar-refractivity contribution in [2.75, 3.05) is 13.1 Å². The molecular formula is C16H23N3O4. The van der Waals surface area contributed by atoms with E-state index in [1.54, 1.807) is 6.07 Å². The highest BCUT2D eigenvalue weighted by atomic mass is 16.6. The number of carbonyl (C=O) groups excluding carboxylic acids is 1. The lowest BCUT2D eigenvalue weighted by Gasteiger charge is -2.35. The Hall–Kier alpha value is -1.99. The molecule has 1 saturated heterocycles. The largest absolute Gasteiger partial charge is 0.367 e. The average molecular weight is 321 g/mol. The van der Waals surface area contributed by atoms with Gasteiger partial charge in [-0.2, -0.15) is 0 Å². The molecule has 0 spiro atoms. The van der Waals surface area contributed by atoms with E-state index in [2.05, 4.69) is 0 Å². The number of primary amides is 1. The van der Waals surface area contributed by atoms with Crippen LogP contribution in [0.3, 0.4) is 0 Å². The van der Waals surface area contributed by atoms with Crippen LogP contribution in [-0.2, 0) is 16.1 Å². The Morgan fingerprint density at radius 1 is 1.48 bits per heavy atom. The molecule has 0 bridgehead atoms. The first kappa shape index (κ1) is 17.4. The molecule has 1 heterocycles. The zero-order valence-corrected chi connectivity index (χ0v) is 13.7. The van der Waals surface area contributed by atoms with Crippen LogP contribution in [0, 0.1) is 10.1 Å². The lowest BCUT2D eigenvalue weighted by Crippen LogP contribution is -2.51. The van der Waals surface area contributed by atoms with E-state index in [0.29, 0.717) is 19.6 Å². The monoisotopic (exact) mass is 321 g/mol. The second kappa shape index (κ2) is 7.06. The molecule has 1 aromatic carbocycles. The van der Waals surface area contributed by atoms with Gasteiger partial charge >= 0.3 is 0 Å². The number of hydrogen-bond acceptors (Lipinski definition) is 5. The van der Waals surface area contributed by atoms with E-state index in [1.165, 1.54) is 0 Å². The average Bonchev–Trinajstić information content (AvgIpc) is 2.46. The third-order valence-corrected chi connectivity index (χ3v) is 3.97. The summed E-state index contributed by atoms with van der Waals surface area (Å²) in [4.78, 5) is 24.3. The Morgan fingerprint density at radius 3 is 2.74 bits per heavy atom. The molecule has 7 heteroatoms. The highest BCUT2D eigenvalue weighted by Gasteiger charge is 2.29. The molecule has 0 saturated carbocycles. The highest BCUT2D eigenvalue weighted by Crippen LogP contribution is 2.28. The van der Waals surface area contributed by atoms with Crippen LogP contribution in [0.4, 0.5) is 5.69 Å². The molecule has 1 aliphatic rings. The second-order valence-corrected chi connectivity index (χ2v) is 6.34. The predicted molar refractivity (Wildman–Crippen MR) is 86.0 cm³/mol. The van der Waals surface area contributed by atoms with Crippen molar-refractivity contribution in [3.05, 3.63) is 39.4 Å². The highest BCUT2D eigenvalue weighted by molar-refractivity contribution is 5.79. The molecule has 23 heavy (non-hydrogen) atoms. The quantitative estimate of drug-likeness (QED) is 0.658. The lowest BCUT2D eigenvalue weighted by atomic mass is 9.99. The van der Waals surface area contributed by atoms with Gasteiger partial charge in [-0.05, 0) is 18.4 Å². The number of benzene rings is 1. The van der Waals surface area contributed by atoms with Gasteiger partial charge in [-0.1, -0.05) is 26.0 Å². The zero-order valence-electron chi connectivity index (χ0n) is 13.7. The van der Waals surface area contributed by atoms with Crippen LogP contribution in [-0.4, -0.2) is 41.0 Å². The van der Waals surface area contributed by atoms with Crippen LogP contribution in [0.2, 0.25) is 0 Å². The molecule has 7 nitrogen and oxygen atoms in total. The number of nitrogens with zero attached hydrogens (tertiary/aromatic N) is 2. The van der Waals surface area contributed by atoms with Gasteiger partial charge in [-0.25, -0.2) is 0 Å². The van der Waals surface area contributed by atoms with E-state index in [9.17, 15) is 14.9 Å². The number of carbonyl (C=O) groups is 1. The topological polar surface area (TPSA) is 98.7 Å². The molecule has 1 aliphatic heterocycles. The van der Waals surface area contributed by atoms with Gasteiger partial charge in [0.1, 0.15) is 6.10 Å². The number of hydrogen-bond donors (Lipinski definition) is 1.